The summed E-state index contributed by atoms with van der Waals surface area (Å²) in [5.74, 6) is 0.773. The molecule has 0 aromatic heterocycles. The summed E-state index contributed by atoms with van der Waals surface area (Å²) in [6.45, 7) is 3.72. The molecule has 1 atom stereocenters. The smallest absolute Gasteiger partial charge is 0.156 e. The van der Waals surface area contributed by atoms with Gasteiger partial charge in [0, 0.05) is 0 Å². The Labute approximate surface area is 64.8 Å². The highest BCUT2D eigenvalue weighted by atomic mass is 32.2. The average Bonchev–Trinajstić information content (AvgIpc) is 2.04. The summed E-state index contributed by atoms with van der Waals surface area (Å²) >= 11 is 1.55. The fourth-order valence-corrected chi connectivity index (χ4v) is 1.60. The van der Waals surface area contributed by atoms with Crippen molar-refractivity contribution in [3.63, 3.8) is 0 Å². The fraction of sp³-hybridized carbons (Fsp3) is 0.667. The number of aliphatic imine (C=N–C) groups is 2. The minimum atomic E-state index is -0.566. The van der Waals surface area contributed by atoms with Crippen LogP contribution in [0.2, 0.25) is 0 Å². The number of hydrogen-bond acceptors (Lipinski definition) is 4. The predicted molar refractivity (Wildman–Crippen MR) is 46.7 cm³/mol. The molecule has 1 aliphatic heterocycles. The van der Waals surface area contributed by atoms with Crippen LogP contribution >= 0.6 is 11.8 Å². The maximum absolute atomic E-state index is 5.78. The van der Waals surface area contributed by atoms with Gasteiger partial charge in [-0.15, -0.1) is 11.8 Å². The predicted octanol–water partition coefficient (Wildman–Crippen LogP) is 0.855. The van der Waals surface area contributed by atoms with Gasteiger partial charge in [-0.1, -0.05) is 0 Å². The van der Waals surface area contributed by atoms with Gasteiger partial charge in [0.05, 0.1) is 0 Å². The first kappa shape index (κ1) is 7.75. The molecule has 0 fully saturated rings. The van der Waals surface area contributed by atoms with E-state index in [1.165, 1.54) is 0 Å². The summed E-state index contributed by atoms with van der Waals surface area (Å²) in [4.78, 5) is 8.31. The molecular formula is C6H11N3S. The lowest BCUT2D eigenvalue weighted by Crippen LogP contribution is -2.38. The number of rotatable bonds is 0. The van der Waals surface area contributed by atoms with E-state index >= 15 is 0 Å². The third-order valence-electron chi connectivity index (χ3n) is 1.28. The Hall–Kier alpha value is -0.350. The largest absolute Gasteiger partial charge is 0.302 e. The lowest BCUT2D eigenvalue weighted by Gasteiger charge is -2.14. The van der Waals surface area contributed by atoms with Crippen LogP contribution in [-0.4, -0.2) is 22.8 Å². The van der Waals surface area contributed by atoms with Crippen molar-refractivity contribution in [2.24, 2.45) is 15.7 Å². The summed E-state index contributed by atoms with van der Waals surface area (Å²) in [5, 5.41) is 0.894. The van der Waals surface area contributed by atoms with E-state index in [4.69, 9.17) is 5.73 Å². The maximum Gasteiger partial charge on any atom is 0.156 e. The van der Waals surface area contributed by atoms with E-state index in [1.54, 1.807) is 11.8 Å². The fourth-order valence-electron chi connectivity index (χ4n) is 0.921. The monoisotopic (exact) mass is 157 g/mol. The highest BCUT2D eigenvalue weighted by Gasteiger charge is 2.28. The van der Waals surface area contributed by atoms with Crippen LogP contribution in [0.15, 0.2) is 9.98 Å². The Morgan fingerprint density at radius 3 is 2.40 bits per heavy atom. The highest BCUT2D eigenvalue weighted by molar-refractivity contribution is 8.13. The Morgan fingerprint density at radius 2 is 2.20 bits per heavy atom. The zero-order chi connectivity index (χ0) is 7.78. The molecule has 1 rings (SSSR count). The summed E-state index contributed by atoms with van der Waals surface area (Å²) in [6.07, 6.45) is 1.96. The minimum absolute atomic E-state index is 0.566. The van der Waals surface area contributed by atoms with E-state index in [0.29, 0.717) is 0 Å². The summed E-state index contributed by atoms with van der Waals surface area (Å²) < 4.78 is 0. The highest BCUT2D eigenvalue weighted by Crippen LogP contribution is 2.19. The normalized spacial score (nSPS) is 32.0. The molecule has 0 amide bonds. The van der Waals surface area contributed by atoms with Crippen LogP contribution in [-0.2, 0) is 0 Å². The number of amidine groups is 1. The van der Waals surface area contributed by atoms with Gasteiger partial charge in [-0.3, -0.25) is 0 Å². The summed E-state index contributed by atoms with van der Waals surface area (Å²) in [7, 11) is 0. The molecule has 10 heavy (non-hydrogen) atoms. The average molecular weight is 157 g/mol. The molecule has 0 aromatic carbocycles. The van der Waals surface area contributed by atoms with Crippen molar-refractivity contribution < 1.29 is 0 Å². The zero-order valence-electron chi connectivity index (χ0n) is 6.38. The van der Waals surface area contributed by atoms with Crippen molar-refractivity contribution in [1.29, 1.82) is 0 Å². The quantitative estimate of drug-likeness (QED) is 0.567. The van der Waals surface area contributed by atoms with Gasteiger partial charge in [-0.2, -0.15) is 0 Å². The Morgan fingerprint density at radius 1 is 1.60 bits per heavy atom. The molecule has 0 spiro atoms. The maximum atomic E-state index is 5.78. The molecule has 0 aliphatic carbocycles. The van der Waals surface area contributed by atoms with Gasteiger partial charge in [0.2, 0.25) is 0 Å². The van der Waals surface area contributed by atoms with Crippen molar-refractivity contribution in [1.82, 2.24) is 0 Å². The number of thioether (sulfide) groups is 1. The van der Waals surface area contributed by atoms with Crippen LogP contribution in [0.5, 0.6) is 0 Å². The van der Waals surface area contributed by atoms with Crippen LogP contribution in [0, 0.1) is 0 Å². The number of hydrogen-bond donors (Lipinski definition) is 1. The first-order valence-corrected chi connectivity index (χ1v) is 4.27. The van der Waals surface area contributed by atoms with Crippen molar-refractivity contribution in [2.45, 2.75) is 19.5 Å². The van der Waals surface area contributed by atoms with Crippen molar-refractivity contribution in [2.75, 3.05) is 6.26 Å². The van der Waals surface area contributed by atoms with E-state index in [1.807, 2.05) is 20.1 Å². The molecule has 1 unspecified atom stereocenters. The topological polar surface area (TPSA) is 50.7 Å². The van der Waals surface area contributed by atoms with Crippen molar-refractivity contribution in [3.05, 3.63) is 0 Å². The van der Waals surface area contributed by atoms with Crippen LogP contribution in [0.4, 0.5) is 0 Å². The third kappa shape index (κ3) is 1.22. The molecule has 0 bridgehead atoms. The molecule has 0 radical (unpaired) electrons. The summed E-state index contributed by atoms with van der Waals surface area (Å²) in [6, 6.07) is 0. The SMILES string of the molecule is CSC1=NC(C)=NC1(C)N. The second kappa shape index (κ2) is 2.36. The van der Waals surface area contributed by atoms with Gasteiger partial charge in [-0.25, -0.2) is 9.98 Å². The van der Waals surface area contributed by atoms with Gasteiger partial charge in [0.25, 0.3) is 0 Å². The lowest BCUT2D eigenvalue weighted by atomic mass is 10.3. The van der Waals surface area contributed by atoms with Crippen LogP contribution < -0.4 is 5.73 Å². The van der Waals surface area contributed by atoms with Crippen LogP contribution in [0.3, 0.4) is 0 Å². The minimum Gasteiger partial charge on any atom is -0.302 e. The molecule has 0 aromatic rings. The van der Waals surface area contributed by atoms with E-state index in [-0.39, 0.29) is 0 Å². The van der Waals surface area contributed by atoms with E-state index in [2.05, 4.69) is 9.98 Å². The zero-order valence-corrected chi connectivity index (χ0v) is 7.20. The second-order valence-corrected chi connectivity index (χ2v) is 3.22. The van der Waals surface area contributed by atoms with Gasteiger partial charge >= 0.3 is 0 Å². The Bertz CT molecular complexity index is 205. The molecule has 0 saturated carbocycles. The van der Waals surface area contributed by atoms with Gasteiger partial charge in [-0.05, 0) is 20.1 Å². The molecule has 1 heterocycles. The van der Waals surface area contributed by atoms with E-state index in [9.17, 15) is 0 Å². The van der Waals surface area contributed by atoms with Gasteiger partial charge < -0.3 is 5.73 Å². The molecule has 4 heteroatoms. The molecule has 56 valence electrons. The first-order chi connectivity index (χ1) is 4.56. The van der Waals surface area contributed by atoms with Crippen LogP contribution in [0.25, 0.3) is 0 Å². The van der Waals surface area contributed by atoms with Crippen molar-refractivity contribution in [3.8, 4) is 0 Å². The first-order valence-electron chi connectivity index (χ1n) is 3.05. The molecule has 1 aliphatic rings. The van der Waals surface area contributed by atoms with E-state index in [0.717, 1.165) is 10.9 Å². The molecule has 3 nitrogen and oxygen atoms in total. The second-order valence-electron chi connectivity index (χ2n) is 2.43. The van der Waals surface area contributed by atoms with E-state index < -0.39 is 5.66 Å². The standard InChI is InChI=1S/C6H11N3S/c1-4-8-5(10-3)6(2,7)9-4/h7H2,1-3H3. The van der Waals surface area contributed by atoms with Crippen molar-refractivity contribution >= 4 is 22.6 Å². The lowest BCUT2D eigenvalue weighted by molar-refractivity contribution is 0.686. The van der Waals surface area contributed by atoms with Crippen LogP contribution in [0.1, 0.15) is 13.8 Å². The van der Waals surface area contributed by atoms with Gasteiger partial charge in [0.15, 0.2) is 5.66 Å². The number of nitrogens with zero attached hydrogens (tertiary/aromatic N) is 2. The third-order valence-corrected chi connectivity index (χ3v) is 2.17. The number of nitrogens with two attached hydrogens (primary N) is 1. The molecular weight excluding hydrogens is 146 g/mol. The molecule has 2 N–H and O–H groups in total. The summed E-state index contributed by atoms with van der Waals surface area (Å²) in [5.41, 5.74) is 5.22. The Kier molecular flexibility index (Phi) is 1.83. The molecule has 0 saturated heterocycles. The Balaban J connectivity index is 2.90. The van der Waals surface area contributed by atoms with Gasteiger partial charge in [0.1, 0.15) is 10.9 Å².